The summed E-state index contributed by atoms with van der Waals surface area (Å²) in [7, 11) is 0. The standard InChI is InChI=1S/3C18H34O2.7C3H8O3/c3*1-2-3-4-5-6-7-8-9-10-11-12-13-14-15-16-17-18(19)20;7*4-1-3(6)2-5/h3*9-10H,2-8,11-17H2,1H3,(H,19,20);7*3-6H,1-2H2/b3*10-9-;;;;;;;. The summed E-state index contributed by atoms with van der Waals surface area (Å²) in [5.41, 5.74) is 0. The Labute approximate surface area is 614 Å². The Balaban J connectivity index is -0.000000122. The molecule has 102 heavy (non-hydrogen) atoms. The second-order valence-electron chi connectivity index (χ2n) is 24.3. The van der Waals surface area contributed by atoms with E-state index in [9.17, 15) is 14.4 Å². The molecule has 24 N–H and O–H groups in total. The van der Waals surface area contributed by atoms with E-state index in [1.807, 2.05) is 0 Å². The normalized spacial score (nSPS) is 10.7. The van der Waals surface area contributed by atoms with Crippen LogP contribution in [0.3, 0.4) is 0 Å². The zero-order chi connectivity index (χ0) is 79.6. The highest BCUT2D eigenvalue weighted by atomic mass is 16.4. The molecule has 0 amide bonds. The molecule has 0 atom stereocenters. The number of rotatable bonds is 59. The number of aliphatic hydroxyl groups excluding tert-OH is 21. The van der Waals surface area contributed by atoms with Crippen molar-refractivity contribution in [2.24, 2.45) is 0 Å². The summed E-state index contributed by atoms with van der Waals surface area (Å²) < 4.78 is 0. The van der Waals surface area contributed by atoms with Crippen molar-refractivity contribution in [3.63, 3.8) is 0 Å². The van der Waals surface area contributed by atoms with Crippen LogP contribution in [0.4, 0.5) is 0 Å². The minimum atomic E-state index is -0.954. The van der Waals surface area contributed by atoms with Crippen LogP contribution in [0.5, 0.6) is 0 Å². The molecule has 0 heterocycles. The van der Waals surface area contributed by atoms with E-state index >= 15 is 0 Å². The molecule has 0 fully saturated rings. The van der Waals surface area contributed by atoms with Gasteiger partial charge in [-0.3, -0.25) is 14.4 Å². The Hall–Kier alpha value is -3.21. The summed E-state index contributed by atoms with van der Waals surface area (Å²) in [6.45, 7) is 1.67. The highest BCUT2D eigenvalue weighted by molar-refractivity contribution is 5.67. The first-order valence-electron chi connectivity index (χ1n) is 37.9. The van der Waals surface area contributed by atoms with Gasteiger partial charge in [-0.15, -0.1) is 0 Å². The van der Waals surface area contributed by atoms with E-state index in [2.05, 4.69) is 57.2 Å². The lowest BCUT2D eigenvalue weighted by molar-refractivity contribution is -0.138. The van der Waals surface area contributed by atoms with Crippen LogP contribution < -0.4 is 0 Å². The molecule has 0 rings (SSSR count). The fourth-order valence-corrected chi connectivity index (χ4v) is 7.45. The third-order valence-corrected chi connectivity index (χ3v) is 13.9. The van der Waals surface area contributed by atoms with Gasteiger partial charge in [0.25, 0.3) is 0 Å². The number of allylic oxidation sites excluding steroid dienone is 6. The van der Waals surface area contributed by atoms with E-state index in [1.54, 1.807) is 0 Å². The molecule has 0 aromatic carbocycles. The van der Waals surface area contributed by atoms with E-state index in [4.69, 9.17) is 123 Å². The molecule has 0 spiro atoms. The second-order valence-corrected chi connectivity index (χ2v) is 24.3. The Morgan fingerprint density at radius 3 is 0.402 bits per heavy atom. The minimum absolute atomic E-state index is 0.332. The molecule has 27 heteroatoms. The van der Waals surface area contributed by atoms with Crippen LogP contribution in [0.1, 0.15) is 290 Å². The monoisotopic (exact) mass is 1490 g/mol. The quantitative estimate of drug-likeness (QED) is 0.0224. The van der Waals surface area contributed by atoms with Gasteiger partial charge < -0.3 is 123 Å². The largest absolute Gasteiger partial charge is 0.481 e. The van der Waals surface area contributed by atoms with Gasteiger partial charge in [0.2, 0.25) is 0 Å². The van der Waals surface area contributed by atoms with Crippen molar-refractivity contribution in [1.82, 2.24) is 0 Å². The van der Waals surface area contributed by atoms with Crippen LogP contribution in [0, 0.1) is 0 Å². The molecule has 0 unspecified atom stereocenters. The van der Waals surface area contributed by atoms with Crippen molar-refractivity contribution in [2.45, 2.75) is 333 Å². The van der Waals surface area contributed by atoms with Gasteiger partial charge in [0, 0.05) is 19.3 Å². The number of aliphatic hydroxyl groups is 21. The number of carbonyl (C=O) groups is 3. The minimum Gasteiger partial charge on any atom is -0.481 e. The maximum absolute atomic E-state index is 10.3. The molecule has 0 saturated carbocycles. The number of carboxylic acids is 3. The Morgan fingerprint density at radius 2 is 0.304 bits per heavy atom. The first kappa shape index (κ1) is 120. The highest BCUT2D eigenvalue weighted by Gasteiger charge is 2.02. The van der Waals surface area contributed by atoms with Crippen molar-refractivity contribution in [1.29, 1.82) is 0 Å². The SMILES string of the molecule is CCCCCCCC/C=C\CCCCCCCC(=O)O.CCCCCCCC/C=C\CCCCCCCC(=O)O.CCCCCCCC/C=C\CCCCCCCC(=O)O.OCC(O)CO.OCC(O)CO.OCC(O)CO.OCC(O)CO.OCC(O)CO.OCC(O)CO.OCC(O)CO. The predicted octanol–water partition coefficient (Wildman–Crippen LogP) is 6.65. The maximum Gasteiger partial charge on any atom is 0.303 e. The van der Waals surface area contributed by atoms with Crippen molar-refractivity contribution in [3.05, 3.63) is 36.5 Å². The van der Waals surface area contributed by atoms with Gasteiger partial charge in [-0.05, 0) is 96.3 Å². The molecule has 0 aromatic heterocycles. The molecule has 0 saturated heterocycles. The third-order valence-electron chi connectivity index (χ3n) is 13.9. The molecule has 620 valence electrons. The molecule has 0 aliphatic carbocycles. The van der Waals surface area contributed by atoms with Crippen molar-refractivity contribution < 1.29 is 137 Å². The van der Waals surface area contributed by atoms with Gasteiger partial charge >= 0.3 is 17.9 Å². The second kappa shape index (κ2) is 116. The lowest BCUT2D eigenvalue weighted by Crippen LogP contribution is -2.15. The van der Waals surface area contributed by atoms with Crippen LogP contribution in [0.15, 0.2) is 36.5 Å². The summed E-state index contributed by atoms with van der Waals surface area (Å²) in [5, 5.41) is 194. The zero-order valence-electron chi connectivity index (χ0n) is 63.6. The summed E-state index contributed by atoms with van der Waals surface area (Å²) in [5.74, 6) is -1.99. The van der Waals surface area contributed by atoms with E-state index in [0.29, 0.717) is 19.3 Å². The molecule has 0 aliphatic rings. The smallest absolute Gasteiger partial charge is 0.303 e. The lowest BCUT2D eigenvalue weighted by atomic mass is 10.1. The average molecular weight is 1490 g/mol. The fourth-order valence-electron chi connectivity index (χ4n) is 7.45. The summed E-state index contributed by atoms with van der Waals surface area (Å²) in [4.78, 5) is 31.0. The Morgan fingerprint density at radius 1 is 0.196 bits per heavy atom. The fraction of sp³-hybridized carbons (Fsp3) is 0.880. The van der Waals surface area contributed by atoms with Crippen LogP contribution in [-0.2, 0) is 14.4 Å². The third kappa shape index (κ3) is 155. The maximum atomic E-state index is 10.3. The van der Waals surface area contributed by atoms with Gasteiger partial charge in [0.05, 0.1) is 92.5 Å². The number of carboxylic acid groups (broad SMARTS) is 3. The van der Waals surface area contributed by atoms with E-state index in [0.717, 1.165) is 38.5 Å². The molecule has 0 aromatic rings. The zero-order valence-corrected chi connectivity index (χ0v) is 63.6. The van der Waals surface area contributed by atoms with Gasteiger partial charge in [0.1, 0.15) is 42.7 Å². The number of unbranched alkanes of at least 4 members (excludes halogenated alkanes) is 33. The lowest BCUT2D eigenvalue weighted by Gasteiger charge is -1.99. The molecule has 0 bridgehead atoms. The van der Waals surface area contributed by atoms with Crippen molar-refractivity contribution in [3.8, 4) is 0 Å². The van der Waals surface area contributed by atoms with E-state index in [1.165, 1.54) is 212 Å². The van der Waals surface area contributed by atoms with Crippen LogP contribution in [-0.4, -0.2) is 276 Å². The molecular weight excluding hydrogens is 1330 g/mol. The number of aliphatic carboxylic acids is 3. The van der Waals surface area contributed by atoms with Gasteiger partial charge in [-0.25, -0.2) is 0 Å². The van der Waals surface area contributed by atoms with Crippen molar-refractivity contribution >= 4 is 17.9 Å². The predicted molar refractivity (Wildman–Crippen MR) is 403 cm³/mol. The first-order chi connectivity index (χ1) is 49.0. The topological polar surface area (TPSA) is 537 Å². The average Bonchev–Trinajstić information content (AvgIpc) is 3.70. The molecule has 0 radical (unpaired) electrons. The Kier molecular flexibility index (Phi) is 137. The van der Waals surface area contributed by atoms with E-state index < -0.39 is 60.6 Å². The van der Waals surface area contributed by atoms with Crippen LogP contribution in [0.2, 0.25) is 0 Å². The first-order valence-corrected chi connectivity index (χ1v) is 37.9. The molecule has 0 aliphatic heterocycles. The Bertz CT molecular complexity index is 1310. The van der Waals surface area contributed by atoms with Gasteiger partial charge in [-0.1, -0.05) is 211 Å². The van der Waals surface area contributed by atoms with Crippen LogP contribution >= 0.6 is 0 Å². The van der Waals surface area contributed by atoms with Crippen LogP contribution in [0.25, 0.3) is 0 Å². The van der Waals surface area contributed by atoms with Gasteiger partial charge in [0.15, 0.2) is 0 Å². The number of hydrogen-bond acceptors (Lipinski definition) is 24. The highest BCUT2D eigenvalue weighted by Crippen LogP contribution is 2.13. The van der Waals surface area contributed by atoms with E-state index in [-0.39, 0.29) is 92.5 Å². The summed E-state index contributed by atoms with van der Waals surface area (Å²) >= 11 is 0. The summed E-state index contributed by atoms with van der Waals surface area (Å²) in [6, 6.07) is 0. The number of hydrogen-bond donors (Lipinski definition) is 24. The molecular formula is C75H158O27. The van der Waals surface area contributed by atoms with Crippen molar-refractivity contribution in [2.75, 3.05) is 92.5 Å². The van der Waals surface area contributed by atoms with Gasteiger partial charge in [-0.2, -0.15) is 0 Å². The summed E-state index contributed by atoms with van der Waals surface area (Å²) in [6.07, 6.45) is 57.0. The molecule has 27 nitrogen and oxygen atoms in total.